The summed E-state index contributed by atoms with van der Waals surface area (Å²) in [4.78, 5) is 26.6. The minimum Gasteiger partial charge on any atom is -0.433 e. The Morgan fingerprint density at radius 1 is 1.10 bits per heavy atom. The third kappa shape index (κ3) is 5.61. The summed E-state index contributed by atoms with van der Waals surface area (Å²) in [6.07, 6.45) is 0. The molecule has 154 valence electrons. The smallest absolute Gasteiger partial charge is 0.387 e. The number of nitrogens with one attached hydrogen (secondary N) is 1. The first-order valence-electron chi connectivity index (χ1n) is 8.98. The highest BCUT2D eigenvalue weighted by Crippen LogP contribution is 2.25. The summed E-state index contributed by atoms with van der Waals surface area (Å²) < 4.78 is 29.3. The van der Waals surface area contributed by atoms with Gasteiger partial charge in [-0.15, -0.1) is 0 Å². The third-order valence-electron chi connectivity index (χ3n) is 4.54. The Hall–Kier alpha value is -3.27. The number of nitro benzene ring substituents is 1. The highest BCUT2D eigenvalue weighted by atomic mass is 19.3. The number of carbonyl (C=O) groups is 1. The summed E-state index contributed by atoms with van der Waals surface area (Å²) in [5.74, 6) is -0.405. The molecule has 1 aliphatic rings. The van der Waals surface area contributed by atoms with Gasteiger partial charge in [-0.1, -0.05) is 12.1 Å². The number of hydrogen-bond donors (Lipinski definition) is 1. The van der Waals surface area contributed by atoms with E-state index in [1.165, 1.54) is 24.3 Å². The van der Waals surface area contributed by atoms with Gasteiger partial charge in [0, 0.05) is 44.0 Å². The molecule has 0 radical (unpaired) electrons. The molecule has 0 atom stereocenters. The van der Waals surface area contributed by atoms with Crippen LogP contribution in [0.2, 0.25) is 0 Å². The second-order valence-electron chi connectivity index (χ2n) is 6.46. The number of benzene rings is 2. The average molecular weight is 406 g/mol. The van der Waals surface area contributed by atoms with Gasteiger partial charge in [0.25, 0.3) is 5.69 Å². The number of alkyl halides is 2. The second-order valence-corrected chi connectivity index (χ2v) is 6.46. The molecular formula is C19H20F2N4O4. The van der Waals surface area contributed by atoms with E-state index >= 15 is 0 Å². The third-order valence-corrected chi connectivity index (χ3v) is 4.54. The highest BCUT2D eigenvalue weighted by molar-refractivity contribution is 5.93. The number of para-hydroxylation sites is 2. The van der Waals surface area contributed by atoms with Crippen LogP contribution < -0.4 is 15.0 Å². The van der Waals surface area contributed by atoms with Crippen molar-refractivity contribution >= 4 is 23.0 Å². The Balaban J connectivity index is 1.50. The van der Waals surface area contributed by atoms with Crippen molar-refractivity contribution in [2.45, 2.75) is 6.61 Å². The molecule has 1 saturated heterocycles. The molecular weight excluding hydrogens is 386 g/mol. The van der Waals surface area contributed by atoms with Crippen LogP contribution in [0.25, 0.3) is 0 Å². The van der Waals surface area contributed by atoms with E-state index in [4.69, 9.17) is 0 Å². The number of rotatable bonds is 7. The SMILES string of the molecule is O=C(CN1CCN(c2ccc([N+](=O)[O-])cc2)CC1)Nc1ccccc1OC(F)F. The predicted molar refractivity (Wildman–Crippen MR) is 103 cm³/mol. The summed E-state index contributed by atoms with van der Waals surface area (Å²) in [6.45, 7) is -0.275. The van der Waals surface area contributed by atoms with Crippen LogP contribution in [0.5, 0.6) is 5.75 Å². The van der Waals surface area contributed by atoms with Crippen molar-refractivity contribution in [2.24, 2.45) is 0 Å². The standard InChI is InChI=1S/C19H20F2N4O4/c20-19(21)29-17-4-2-1-3-16(17)22-18(26)13-23-9-11-24(12-10-23)14-5-7-15(8-6-14)25(27)28/h1-8,19H,9-13H2,(H,22,26). The molecule has 0 saturated carbocycles. The lowest BCUT2D eigenvalue weighted by atomic mass is 10.2. The monoisotopic (exact) mass is 406 g/mol. The first-order chi connectivity index (χ1) is 13.9. The molecule has 0 aromatic heterocycles. The lowest BCUT2D eigenvalue weighted by molar-refractivity contribution is -0.384. The normalized spacial score (nSPS) is 14.7. The van der Waals surface area contributed by atoms with Gasteiger partial charge in [-0.25, -0.2) is 0 Å². The number of anilines is 2. The van der Waals surface area contributed by atoms with Gasteiger partial charge < -0.3 is 15.0 Å². The lowest BCUT2D eigenvalue weighted by Crippen LogP contribution is -2.48. The Labute approximate surface area is 165 Å². The maximum atomic E-state index is 12.5. The molecule has 1 amide bonds. The first-order valence-corrected chi connectivity index (χ1v) is 8.98. The first kappa shape index (κ1) is 20.5. The van der Waals surface area contributed by atoms with Crippen molar-refractivity contribution in [3.63, 3.8) is 0 Å². The van der Waals surface area contributed by atoms with Crippen molar-refractivity contribution in [2.75, 3.05) is 42.9 Å². The molecule has 2 aromatic carbocycles. The number of non-ortho nitro benzene ring substituents is 1. The van der Waals surface area contributed by atoms with Gasteiger partial charge in [0.15, 0.2) is 0 Å². The van der Waals surface area contributed by atoms with Crippen molar-refractivity contribution in [3.05, 3.63) is 58.6 Å². The van der Waals surface area contributed by atoms with Crippen molar-refractivity contribution in [1.29, 1.82) is 0 Å². The summed E-state index contributed by atoms with van der Waals surface area (Å²) >= 11 is 0. The summed E-state index contributed by atoms with van der Waals surface area (Å²) in [7, 11) is 0. The molecule has 29 heavy (non-hydrogen) atoms. The van der Waals surface area contributed by atoms with E-state index in [1.807, 2.05) is 4.90 Å². The lowest BCUT2D eigenvalue weighted by Gasteiger charge is -2.35. The molecule has 2 aromatic rings. The van der Waals surface area contributed by atoms with Gasteiger partial charge in [-0.05, 0) is 24.3 Å². The maximum Gasteiger partial charge on any atom is 0.387 e. The van der Waals surface area contributed by atoms with Crippen LogP contribution in [0.15, 0.2) is 48.5 Å². The van der Waals surface area contributed by atoms with Crippen LogP contribution in [-0.2, 0) is 4.79 Å². The quantitative estimate of drug-likeness (QED) is 0.562. The minimum atomic E-state index is -2.97. The highest BCUT2D eigenvalue weighted by Gasteiger charge is 2.20. The zero-order valence-corrected chi connectivity index (χ0v) is 15.5. The van der Waals surface area contributed by atoms with Gasteiger partial charge >= 0.3 is 6.61 Å². The van der Waals surface area contributed by atoms with Gasteiger partial charge in [0.05, 0.1) is 17.2 Å². The maximum absolute atomic E-state index is 12.5. The van der Waals surface area contributed by atoms with E-state index in [2.05, 4.69) is 15.0 Å². The molecule has 0 aliphatic carbocycles. The molecule has 8 nitrogen and oxygen atoms in total. The number of nitro groups is 1. The number of ether oxygens (including phenoxy) is 1. The van der Waals surface area contributed by atoms with E-state index in [9.17, 15) is 23.7 Å². The largest absolute Gasteiger partial charge is 0.433 e. The van der Waals surface area contributed by atoms with Gasteiger partial charge in [-0.2, -0.15) is 8.78 Å². The van der Waals surface area contributed by atoms with Crippen LogP contribution in [0, 0.1) is 10.1 Å². The topological polar surface area (TPSA) is 88.0 Å². The van der Waals surface area contributed by atoms with Crippen molar-refractivity contribution < 1.29 is 23.2 Å². The van der Waals surface area contributed by atoms with Gasteiger partial charge in [0.1, 0.15) is 5.75 Å². The Morgan fingerprint density at radius 2 is 1.76 bits per heavy atom. The number of hydrogen-bond acceptors (Lipinski definition) is 6. The number of amides is 1. The van der Waals surface area contributed by atoms with E-state index < -0.39 is 11.5 Å². The molecule has 1 N–H and O–H groups in total. The molecule has 3 rings (SSSR count). The summed E-state index contributed by atoms with van der Waals surface area (Å²) in [5, 5.41) is 13.3. The number of nitrogens with zero attached hydrogens (tertiary/aromatic N) is 3. The molecule has 1 heterocycles. The van der Waals surface area contributed by atoms with Crippen molar-refractivity contribution in [1.82, 2.24) is 4.90 Å². The molecule has 0 spiro atoms. The molecule has 0 bridgehead atoms. The van der Waals surface area contributed by atoms with Crippen molar-refractivity contribution in [3.8, 4) is 5.75 Å². The van der Waals surface area contributed by atoms with Crippen LogP contribution in [0.1, 0.15) is 0 Å². The number of halogens is 2. The average Bonchev–Trinajstić information content (AvgIpc) is 2.70. The minimum absolute atomic E-state index is 0.0418. The number of piperazine rings is 1. The molecule has 0 unspecified atom stereocenters. The molecule has 1 fully saturated rings. The van der Waals surface area contributed by atoms with Crippen LogP contribution >= 0.6 is 0 Å². The zero-order chi connectivity index (χ0) is 20.8. The van der Waals surface area contributed by atoms with Gasteiger partial charge in [-0.3, -0.25) is 19.8 Å². The Kier molecular flexibility index (Phi) is 6.55. The van der Waals surface area contributed by atoms with Gasteiger partial charge in [0.2, 0.25) is 5.91 Å². The van der Waals surface area contributed by atoms with E-state index in [0.29, 0.717) is 26.2 Å². The van der Waals surface area contributed by atoms with Crippen LogP contribution in [0.3, 0.4) is 0 Å². The summed E-state index contributed by atoms with van der Waals surface area (Å²) in [6, 6.07) is 12.4. The Bertz CT molecular complexity index is 856. The fourth-order valence-corrected chi connectivity index (χ4v) is 3.11. The van der Waals surface area contributed by atoms with E-state index in [0.717, 1.165) is 5.69 Å². The summed E-state index contributed by atoms with van der Waals surface area (Å²) in [5.41, 5.74) is 1.13. The van der Waals surface area contributed by atoms with E-state index in [1.54, 1.807) is 24.3 Å². The molecule has 10 heteroatoms. The zero-order valence-electron chi connectivity index (χ0n) is 15.5. The molecule has 1 aliphatic heterocycles. The number of carbonyl (C=O) groups excluding carboxylic acids is 1. The fraction of sp³-hybridized carbons (Fsp3) is 0.316. The van der Waals surface area contributed by atoms with E-state index in [-0.39, 0.29) is 29.6 Å². The fourth-order valence-electron chi connectivity index (χ4n) is 3.11. The van der Waals surface area contributed by atoms with Crippen LogP contribution in [0.4, 0.5) is 25.8 Å². The Morgan fingerprint density at radius 3 is 2.38 bits per heavy atom. The second kappa shape index (κ2) is 9.28. The van der Waals surface area contributed by atoms with Crippen LogP contribution in [-0.4, -0.2) is 55.1 Å². The predicted octanol–water partition coefficient (Wildman–Crippen LogP) is 2.96.